The maximum atomic E-state index is 13.6. The molecular formula is C20H20F2N2O3S. The number of ether oxygens (including phenoxy) is 1. The number of amides is 2. The molecule has 1 aliphatic heterocycles. The number of carbonyl (C=O) groups is 2. The molecule has 0 atom stereocenters. The van der Waals surface area contributed by atoms with Crippen LogP contribution < -0.4 is 0 Å². The molecular weight excluding hydrogens is 386 g/mol. The van der Waals surface area contributed by atoms with Crippen LogP contribution in [0.2, 0.25) is 0 Å². The highest BCUT2D eigenvalue weighted by atomic mass is 32.2. The highest BCUT2D eigenvalue weighted by Crippen LogP contribution is 2.32. The van der Waals surface area contributed by atoms with E-state index in [1.807, 2.05) is 0 Å². The first kappa shape index (κ1) is 20.3. The predicted octanol–water partition coefficient (Wildman–Crippen LogP) is 4.68. The van der Waals surface area contributed by atoms with Gasteiger partial charge in [-0.15, -0.1) is 11.8 Å². The Bertz CT molecular complexity index is 940. The van der Waals surface area contributed by atoms with Crippen molar-refractivity contribution in [2.75, 3.05) is 12.8 Å². The molecule has 148 valence electrons. The second kappa shape index (κ2) is 7.50. The quantitative estimate of drug-likeness (QED) is 0.678. The van der Waals surface area contributed by atoms with Crippen LogP contribution in [0, 0.1) is 11.6 Å². The van der Waals surface area contributed by atoms with E-state index in [0.29, 0.717) is 33.8 Å². The van der Waals surface area contributed by atoms with Crippen molar-refractivity contribution in [2.24, 2.45) is 0 Å². The van der Waals surface area contributed by atoms with Gasteiger partial charge >= 0.3 is 6.09 Å². The van der Waals surface area contributed by atoms with Crippen LogP contribution in [0.15, 0.2) is 29.2 Å². The molecule has 0 bridgehead atoms. The minimum absolute atomic E-state index is 0.142. The summed E-state index contributed by atoms with van der Waals surface area (Å²) in [5.41, 5.74) is 1.02. The zero-order valence-corrected chi connectivity index (χ0v) is 16.8. The fourth-order valence-electron chi connectivity index (χ4n) is 2.89. The van der Waals surface area contributed by atoms with E-state index in [-0.39, 0.29) is 6.54 Å². The second-order valence-electron chi connectivity index (χ2n) is 7.35. The standard InChI is InChI=1S/C20H20F2N2O3S/c1-20(2,3)27-19(26)24-8-7-14-17(18(24)25)16(28-4)10-15(23-14)11-5-6-12(21)13(22)9-11/h5-6,9-10H,7-8H2,1-4H3. The van der Waals surface area contributed by atoms with Gasteiger partial charge < -0.3 is 4.74 Å². The molecule has 1 aliphatic rings. The van der Waals surface area contributed by atoms with Crippen molar-refractivity contribution in [3.63, 3.8) is 0 Å². The van der Waals surface area contributed by atoms with Gasteiger partial charge in [-0.2, -0.15) is 0 Å². The molecule has 28 heavy (non-hydrogen) atoms. The summed E-state index contributed by atoms with van der Waals surface area (Å²) in [6.07, 6.45) is 1.45. The Balaban J connectivity index is 2.00. The van der Waals surface area contributed by atoms with Crippen LogP contribution in [0.1, 0.15) is 36.8 Å². The average molecular weight is 406 g/mol. The fourth-order valence-corrected chi connectivity index (χ4v) is 3.53. The van der Waals surface area contributed by atoms with Crippen LogP contribution in [0.3, 0.4) is 0 Å². The summed E-state index contributed by atoms with van der Waals surface area (Å²) in [5, 5.41) is 0. The fraction of sp³-hybridized carbons (Fsp3) is 0.350. The minimum Gasteiger partial charge on any atom is -0.443 e. The molecule has 2 amide bonds. The van der Waals surface area contributed by atoms with E-state index in [9.17, 15) is 18.4 Å². The van der Waals surface area contributed by atoms with Gasteiger partial charge in [-0.3, -0.25) is 9.78 Å². The monoisotopic (exact) mass is 406 g/mol. The zero-order chi connectivity index (χ0) is 20.6. The van der Waals surface area contributed by atoms with E-state index >= 15 is 0 Å². The van der Waals surface area contributed by atoms with Crippen molar-refractivity contribution in [3.8, 4) is 11.3 Å². The van der Waals surface area contributed by atoms with E-state index in [4.69, 9.17) is 4.74 Å². The number of thioether (sulfide) groups is 1. The first-order valence-corrected chi connectivity index (χ1v) is 9.91. The van der Waals surface area contributed by atoms with E-state index < -0.39 is 29.2 Å². The normalized spacial score (nSPS) is 14.1. The van der Waals surface area contributed by atoms with E-state index in [1.165, 1.54) is 17.8 Å². The maximum absolute atomic E-state index is 13.6. The number of aromatic nitrogens is 1. The van der Waals surface area contributed by atoms with Crippen molar-refractivity contribution in [3.05, 3.63) is 47.2 Å². The van der Waals surface area contributed by atoms with Crippen LogP contribution in [0.4, 0.5) is 13.6 Å². The summed E-state index contributed by atoms with van der Waals surface area (Å²) >= 11 is 1.32. The molecule has 0 aliphatic carbocycles. The van der Waals surface area contributed by atoms with Gasteiger partial charge in [0.2, 0.25) is 0 Å². The average Bonchev–Trinajstić information content (AvgIpc) is 2.61. The van der Waals surface area contributed by atoms with Gasteiger partial charge in [0.1, 0.15) is 5.60 Å². The first-order valence-electron chi connectivity index (χ1n) is 8.69. The molecule has 3 rings (SSSR count). The van der Waals surface area contributed by atoms with E-state index in [1.54, 1.807) is 33.1 Å². The number of imide groups is 1. The van der Waals surface area contributed by atoms with Gasteiger partial charge in [0, 0.05) is 23.4 Å². The number of halogens is 2. The Morgan fingerprint density at radius 1 is 1.21 bits per heavy atom. The number of carbonyl (C=O) groups excluding carboxylic acids is 2. The SMILES string of the molecule is CSc1cc(-c2ccc(F)c(F)c2)nc2c1C(=O)N(C(=O)OC(C)(C)C)CC2. The summed E-state index contributed by atoms with van der Waals surface area (Å²) in [5.74, 6) is -2.37. The number of benzene rings is 1. The van der Waals surface area contributed by atoms with Crippen molar-refractivity contribution in [1.29, 1.82) is 0 Å². The lowest BCUT2D eigenvalue weighted by atomic mass is 10.0. The van der Waals surface area contributed by atoms with Crippen LogP contribution in [-0.4, -0.2) is 40.3 Å². The molecule has 8 heteroatoms. The van der Waals surface area contributed by atoms with E-state index in [0.717, 1.165) is 17.0 Å². The number of nitrogens with zero attached hydrogens (tertiary/aromatic N) is 2. The van der Waals surface area contributed by atoms with Crippen LogP contribution in [0.5, 0.6) is 0 Å². The molecule has 0 N–H and O–H groups in total. The molecule has 0 unspecified atom stereocenters. The summed E-state index contributed by atoms with van der Waals surface area (Å²) in [7, 11) is 0. The topological polar surface area (TPSA) is 59.5 Å². The summed E-state index contributed by atoms with van der Waals surface area (Å²) in [6, 6.07) is 5.20. The maximum Gasteiger partial charge on any atom is 0.417 e. The molecule has 0 saturated heterocycles. The number of rotatable bonds is 2. The number of pyridine rings is 1. The van der Waals surface area contributed by atoms with Crippen LogP contribution in [-0.2, 0) is 11.2 Å². The Morgan fingerprint density at radius 2 is 1.93 bits per heavy atom. The number of hydrogen-bond donors (Lipinski definition) is 0. The van der Waals surface area contributed by atoms with Crippen LogP contribution in [0.25, 0.3) is 11.3 Å². The Kier molecular flexibility index (Phi) is 5.43. The molecule has 2 aromatic rings. The third-order valence-electron chi connectivity index (χ3n) is 4.14. The second-order valence-corrected chi connectivity index (χ2v) is 8.20. The van der Waals surface area contributed by atoms with Gasteiger partial charge in [0.15, 0.2) is 11.6 Å². The smallest absolute Gasteiger partial charge is 0.417 e. The molecule has 0 radical (unpaired) electrons. The largest absolute Gasteiger partial charge is 0.443 e. The lowest BCUT2D eigenvalue weighted by molar-refractivity contribution is 0.0231. The minimum atomic E-state index is -0.963. The molecule has 0 spiro atoms. The first-order chi connectivity index (χ1) is 13.1. The van der Waals surface area contributed by atoms with Gasteiger partial charge in [-0.25, -0.2) is 18.5 Å². The lowest BCUT2D eigenvalue weighted by Crippen LogP contribution is -2.45. The van der Waals surface area contributed by atoms with Gasteiger partial charge in [0.05, 0.1) is 17.0 Å². The summed E-state index contributed by atoms with van der Waals surface area (Å²) in [4.78, 5) is 31.5. The summed E-state index contributed by atoms with van der Waals surface area (Å²) < 4.78 is 32.1. The number of fused-ring (bicyclic) bond motifs is 1. The van der Waals surface area contributed by atoms with Crippen molar-refractivity contribution in [2.45, 2.75) is 37.7 Å². The molecule has 0 saturated carbocycles. The van der Waals surface area contributed by atoms with Crippen molar-refractivity contribution < 1.29 is 23.1 Å². The van der Waals surface area contributed by atoms with E-state index in [2.05, 4.69) is 4.98 Å². The van der Waals surface area contributed by atoms with Gasteiger partial charge in [-0.05, 0) is 51.3 Å². The highest BCUT2D eigenvalue weighted by molar-refractivity contribution is 7.98. The highest BCUT2D eigenvalue weighted by Gasteiger charge is 2.35. The lowest BCUT2D eigenvalue weighted by Gasteiger charge is -2.30. The number of hydrogen-bond acceptors (Lipinski definition) is 5. The Morgan fingerprint density at radius 3 is 2.54 bits per heavy atom. The molecule has 1 aromatic carbocycles. The van der Waals surface area contributed by atoms with Gasteiger partial charge in [0.25, 0.3) is 5.91 Å². The predicted molar refractivity (Wildman–Crippen MR) is 102 cm³/mol. The molecule has 0 fully saturated rings. The summed E-state index contributed by atoms with van der Waals surface area (Å²) in [6.45, 7) is 5.34. The molecule has 5 nitrogen and oxygen atoms in total. The Hall–Kier alpha value is -2.48. The third kappa shape index (κ3) is 4.01. The molecule has 1 aromatic heterocycles. The van der Waals surface area contributed by atoms with Crippen molar-refractivity contribution >= 4 is 23.8 Å². The third-order valence-corrected chi connectivity index (χ3v) is 4.90. The Labute approximate surface area is 166 Å². The van der Waals surface area contributed by atoms with Gasteiger partial charge in [-0.1, -0.05) is 0 Å². The zero-order valence-electron chi connectivity index (χ0n) is 16.0. The van der Waals surface area contributed by atoms with Crippen LogP contribution >= 0.6 is 11.8 Å². The van der Waals surface area contributed by atoms with Crippen molar-refractivity contribution in [1.82, 2.24) is 9.88 Å². The molecule has 2 heterocycles.